The fourth-order valence-corrected chi connectivity index (χ4v) is 3.13. The average Bonchev–Trinajstić information content (AvgIpc) is 3.08. The first-order valence-electron chi connectivity index (χ1n) is 8.50. The smallest absolute Gasteiger partial charge is 0.315 e. The second-order valence-corrected chi connectivity index (χ2v) is 6.37. The molecule has 2 amide bonds. The first-order chi connectivity index (χ1) is 12.1. The molecule has 1 aliphatic heterocycles. The number of amides is 2. The van der Waals surface area contributed by atoms with Crippen LogP contribution in [-0.4, -0.2) is 46.0 Å². The van der Waals surface area contributed by atoms with E-state index in [1.54, 1.807) is 23.1 Å². The van der Waals surface area contributed by atoms with E-state index in [4.69, 9.17) is 0 Å². The maximum absolute atomic E-state index is 14.0. The zero-order valence-electron chi connectivity index (χ0n) is 14.2. The molecule has 2 atom stereocenters. The molecule has 8 heteroatoms. The van der Waals surface area contributed by atoms with Crippen LogP contribution in [-0.2, 0) is 6.54 Å². The van der Waals surface area contributed by atoms with Crippen molar-refractivity contribution in [2.24, 2.45) is 0 Å². The third kappa shape index (κ3) is 4.68. The Hall–Kier alpha value is -2.64. The van der Waals surface area contributed by atoms with Crippen LogP contribution in [0.15, 0.2) is 36.9 Å². The van der Waals surface area contributed by atoms with E-state index in [9.17, 15) is 9.18 Å². The van der Waals surface area contributed by atoms with Crippen LogP contribution in [0.1, 0.15) is 19.8 Å². The van der Waals surface area contributed by atoms with Gasteiger partial charge in [0.05, 0.1) is 12.2 Å². The fourth-order valence-electron chi connectivity index (χ4n) is 3.13. The van der Waals surface area contributed by atoms with E-state index in [0.717, 1.165) is 19.4 Å². The summed E-state index contributed by atoms with van der Waals surface area (Å²) in [4.78, 5) is 18.1. The van der Waals surface area contributed by atoms with Crippen molar-refractivity contribution < 1.29 is 9.18 Å². The predicted molar refractivity (Wildman–Crippen MR) is 92.8 cm³/mol. The van der Waals surface area contributed by atoms with Gasteiger partial charge in [-0.3, -0.25) is 4.68 Å². The van der Waals surface area contributed by atoms with Crippen molar-refractivity contribution in [1.82, 2.24) is 25.4 Å². The maximum Gasteiger partial charge on any atom is 0.315 e. The highest BCUT2D eigenvalue weighted by atomic mass is 19.1. The number of hydrogen-bond donors (Lipinski definition) is 2. The zero-order valence-corrected chi connectivity index (χ0v) is 14.2. The van der Waals surface area contributed by atoms with Crippen LogP contribution in [0.3, 0.4) is 0 Å². The average molecular weight is 346 g/mol. The Labute approximate surface area is 146 Å². The molecule has 7 nitrogen and oxygen atoms in total. The zero-order chi connectivity index (χ0) is 17.6. The molecule has 1 saturated heterocycles. The number of nitrogens with one attached hydrogen (secondary N) is 2. The van der Waals surface area contributed by atoms with Crippen molar-refractivity contribution in [3.63, 3.8) is 0 Å². The molecule has 0 spiro atoms. The number of nitrogens with zero attached hydrogens (tertiary/aromatic N) is 4. The van der Waals surface area contributed by atoms with Crippen molar-refractivity contribution in [3.05, 3.63) is 42.7 Å². The molecule has 1 fully saturated rings. The molecule has 134 valence electrons. The molecule has 2 heterocycles. The lowest BCUT2D eigenvalue weighted by atomic mass is 10.0. The number of piperidine rings is 1. The summed E-state index contributed by atoms with van der Waals surface area (Å²) < 4.78 is 15.6. The van der Waals surface area contributed by atoms with Crippen molar-refractivity contribution in [3.8, 4) is 0 Å². The molecule has 0 unspecified atom stereocenters. The van der Waals surface area contributed by atoms with Crippen LogP contribution in [0.25, 0.3) is 0 Å². The lowest BCUT2D eigenvalue weighted by Crippen LogP contribution is -2.52. The minimum absolute atomic E-state index is 0.00748. The second-order valence-electron chi connectivity index (χ2n) is 6.37. The minimum Gasteiger partial charge on any atom is -0.367 e. The van der Waals surface area contributed by atoms with Gasteiger partial charge in [-0.1, -0.05) is 12.1 Å². The SMILES string of the molecule is C[C@H](Cn1cncn1)NC(=O)N[C@@H]1CCCN(c2ccccc2F)C1. The molecule has 2 aromatic rings. The van der Waals surface area contributed by atoms with Gasteiger partial charge in [0.1, 0.15) is 18.5 Å². The Kier molecular flexibility index (Phi) is 5.47. The number of anilines is 1. The van der Waals surface area contributed by atoms with Gasteiger partial charge in [-0.2, -0.15) is 5.10 Å². The van der Waals surface area contributed by atoms with Crippen molar-refractivity contribution in [1.29, 1.82) is 0 Å². The predicted octanol–water partition coefficient (Wildman–Crippen LogP) is 1.77. The van der Waals surface area contributed by atoms with E-state index in [1.165, 1.54) is 12.4 Å². The van der Waals surface area contributed by atoms with Crippen molar-refractivity contribution in [2.45, 2.75) is 38.4 Å². The molecule has 1 aromatic heterocycles. The number of rotatable bonds is 5. The normalized spacial score (nSPS) is 18.6. The third-order valence-electron chi connectivity index (χ3n) is 4.25. The molecular weight excluding hydrogens is 323 g/mol. The first kappa shape index (κ1) is 17.2. The number of urea groups is 1. The molecule has 0 bridgehead atoms. The van der Waals surface area contributed by atoms with Gasteiger partial charge in [0, 0.05) is 25.2 Å². The Morgan fingerprint density at radius 1 is 1.44 bits per heavy atom. The van der Waals surface area contributed by atoms with Crippen LogP contribution in [0.5, 0.6) is 0 Å². The van der Waals surface area contributed by atoms with Gasteiger partial charge in [-0.05, 0) is 31.9 Å². The molecule has 25 heavy (non-hydrogen) atoms. The van der Waals surface area contributed by atoms with Gasteiger partial charge in [0.25, 0.3) is 0 Å². The topological polar surface area (TPSA) is 75.1 Å². The molecular formula is C17H23FN6O. The van der Waals surface area contributed by atoms with Gasteiger partial charge in [-0.25, -0.2) is 14.2 Å². The summed E-state index contributed by atoms with van der Waals surface area (Å²) in [6.45, 7) is 3.86. The summed E-state index contributed by atoms with van der Waals surface area (Å²) in [5.41, 5.74) is 0.592. The van der Waals surface area contributed by atoms with E-state index in [0.29, 0.717) is 18.8 Å². The first-order valence-corrected chi connectivity index (χ1v) is 8.50. The maximum atomic E-state index is 14.0. The highest BCUT2D eigenvalue weighted by molar-refractivity contribution is 5.74. The molecule has 1 aromatic carbocycles. The Morgan fingerprint density at radius 2 is 2.28 bits per heavy atom. The Morgan fingerprint density at radius 3 is 3.04 bits per heavy atom. The van der Waals surface area contributed by atoms with Crippen LogP contribution in [0, 0.1) is 5.82 Å². The van der Waals surface area contributed by atoms with Crippen LogP contribution >= 0.6 is 0 Å². The highest BCUT2D eigenvalue weighted by Crippen LogP contribution is 2.22. The number of carbonyl (C=O) groups excluding carboxylic acids is 1. The minimum atomic E-state index is -0.228. The summed E-state index contributed by atoms with van der Waals surface area (Å²) in [6, 6.07) is 6.45. The van der Waals surface area contributed by atoms with Gasteiger partial charge in [0.15, 0.2) is 0 Å². The van der Waals surface area contributed by atoms with E-state index in [-0.39, 0.29) is 23.9 Å². The molecule has 3 rings (SSSR count). The molecule has 1 aliphatic rings. The highest BCUT2D eigenvalue weighted by Gasteiger charge is 2.23. The van der Waals surface area contributed by atoms with Gasteiger partial charge < -0.3 is 15.5 Å². The number of para-hydroxylation sites is 1. The fraction of sp³-hybridized carbons (Fsp3) is 0.471. The van der Waals surface area contributed by atoms with E-state index >= 15 is 0 Å². The summed E-state index contributed by atoms with van der Waals surface area (Å²) in [6.07, 6.45) is 4.87. The van der Waals surface area contributed by atoms with E-state index < -0.39 is 0 Å². The summed E-state index contributed by atoms with van der Waals surface area (Å²) in [5.74, 6) is -0.228. The molecule has 0 aliphatic carbocycles. The lowest BCUT2D eigenvalue weighted by molar-refractivity contribution is 0.230. The molecule has 0 saturated carbocycles. The Bertz CT molecular complexity index is 692. The number of halogens is 1. The Balaban J connectivity index is 1.50. The second kappa shape index (κ2) is 7.96. The van der Waals surface area contributed by atoms with Gasteiger partial charge in [0.2, 0.25) is 0 Å². The molecule has 2 N–H and O–H groups in total. The van der Waals surface area contributed by atoms with Gasteiger partial charge >= 0.3 is 6.03 Å². The van der Waals surface area contributed by atoms with Crippen LogP contribution in [0.2, 0.25) is 0 Å². The van der Waals surface area contributed by atoms with E-state index in [1.807, 2.05) is 17.9 Å². The summed E-state index contributed by atoms with van der Waals surface area (Å²) in [5, 5.41) is 9.91. The van der Waals surface area contributed by atoms with Crippen molar-refractivity contribution >= 4 is 11.7 Å². The largest absolute Gasteiger partial charge is 0.367 e. The van der Waals surface area contributed by atoms with Crippen LogP contribution < -0.4 is 15.5 Å². The van der Waals surface area contributed by atoms with E-state index in [2.05, 4.69) is 20.7 Å². The van der Waals surface area contributed by atoms with Gasteiger partial charge in [-0.15, -0.1) is 0 Å². The quantitative estimate of drug-likeness (QED) is 0.865. The van der Waals surface area contributed by atoms with Crippen LogP contribution in [0.4, 0.5) is 14.9 Å². The monoisotopic (exact) mass is 346 g/mol. The third-order valence-corrected chi connectivity index (χ3v) is 4.25. The summed E-state index contributed by atoms with van der Waals surface area (Å²) >= 11 is 0. The number of hydrogen-bond acceptors (Lipinski definition) is 4. The number of aromatic nitrogens is 3. The summed E-state index contributed by atoms with van der Waals surface area (Å²) in [7, 11) is 0. The number of carbonyl (C=O) groups is 1. The van der Waals surface area contributed by atoms with Crippen molar-refractivity contribution in [2.75, 3.05) is 18.0 Å². The standard InChI is InChI=1S/C17H23FN6O/c1-13(9-24-12-19-11-20-24)21-17(25)22-14-5-4-8-23(10-14)16-7-3-2-6-15(16)18/h2-3,6-7,11-14H,4-5,8-10H2,1H3,(H2,21,22,25)/t13-,14-/m1/s1. The lowest BCUT2D eigenvalue weighted by Gasteiger charge is -2.35. The molecule has 0 radical (unpaired) electrons. The number of benzene rings is 1.